The number of allylic oxidation sites excluding steroid dienone is 2. The molecule has 0 aliphatic carbocycles. The molecule has 0 aliphatic rings. The molecule has 1 N–H and O–H groups in total. The Bertz CT molecular complexity index is 434. The van der Waals surface area contributed by atoms with E-state index >= 15 is 0 Å². The van der Waals surface area contributed by atoms with Gasteiger partial charge < -0.3 is 5.32 Å². The molecule has 0 spiro atoms. The molecule has 2 nitrogen and oxygen atoms in total. The maximum atomic E-state index is 12.5. The van der Waals surface area contributed by atoms with E-state index in [2.05, 4.69) is 5.32 Å². The van der Waals surface area contributed by atoms with Gasteiger partial charge in [-0.2, -0.15) is 13.2 Å². The second-order valence-electron chi connectivity index (χ2n) is 3.32. The Morgan fingerprint density at radius 2 is 1.76 bits per heavy atom. The van der Waals surface area contributed by atoms with E-state index in [1.54, 1.807) is 0 Å². The first kappa shape index (κ1) is 13.2. The molecule has 0 bridgehead atoms. The molecular weight excluding hydrogens is 238 g/mol. The summed E-state index contributed by atoms with van der Waals surface area (Å²) in [5, 5.41) is 2.55. The molecule has 0 atom stereocenters. The van der Waals surface area contributed by atoms with Gasteiger partial charge >= 0.3 is 6.18 Å². The van der Waals surface area contributed by atoms with E-state index < -0.39 is 17.8 Å². The van der Waals surface area contributed by atoms with Gasteiger partial charge in [0.25, 0.3) is 5.78 Å². The number of carbonyl (C=O) groups is 1. The van der Waals surface area contributed by atoms with Gasteiger partial charge in [-0.25, -0.2) is 4.39 Å². The Kier molecular flexibility index (Phi) is 3.88. The third-order valence-corrected chi connectivity index (χ3v) is 1.81. The van der Waals surface area contributed by atoms with Crippen molar-refractivity contribution in [3.05, 3.63) is 41.9 Å². The quantitative estimate of drug-likeness (QED) is 0.656. The largest absolute Gasteiger partial charge is 0.454 e. The van der Waals surface area contributed by atoms with Crippen LogP contribution in [0.4, 0.5) is 23.2 Å². The number of hydrogen-bond acceptors (Lipinski definition) is 2. The number of rotatable bonds is 3. The fraction of sp³-hybridized carbons (Fsp3) is 0.182. The minimum Gasteiger partial charge on any atom is -0.359 e. The molecule has 1 aromatic rings. The van der Waals surface area contributed by atoms with Crippen LogP contribution in [0.5, 0.6) is 0 Å². The van der Waals surface area contributed by atoms with Gasteiger partial charge in [-0.1, -0.05) is 0 Å². The van der Waals surface area contributed by atoms with Crippen molar-refractivity contribution in [2.45, 2.75) is 13.1 Å². The third-order valence-electron chi connectivity index (χ3n) is 1.81. The van der Waals surface area contributed by atoms with Crippen LogP contribution in [0.15, 0.2) is 36.0 Å². The maximum Gasteiger partial charge on any atom is 0.454 e. The fourth-order valence-electron chi connectivity index (χ4n) is 1.08. The number of alkyl halides is 3. The van der Waals surface area contributed by atoms with Crippen LogP contribution in [0.3, 0.4) is 0 Å². The Morgan fingerprint density at radius 3 is 2.24 bits per heavy atom. The SMILES string of the molecule is C/C(=C/C(=O)C(F)(F)F)Nc1ccc(F)cc1. The van der Waals surface area contributed by atoms with Crippen LogP contribution >= 0.6 is 0 Å². The minimum absolute atomic E-state index is 0.0268. The molecule has 1 aromatic carbocycles. The van der Waals surface area contributed by atoms with Gasteiger partial charge in [-0.05, 0) is 31.2 Å². The van der Waals surface area contributed by atoms with E-state index in [9.17, 15) is 22.4 Å². The Hall–Kier alpha value is -1.85. The summed E-state index contributed by atoms with van der Waals surface area (Å²) < 4.78 is 48.3. The summed E-state index contributed by atoms with van der Waals surface area (Å²) in [6, 6.07) is 5.01. The number of benzene rings is 1. The lowest BCUT2D eigenvalue weighted by Crippen LogP contribution is -2.21. The molecule has 0 unspecified atom stereocenters. The molecule has 0 aromatic heterocycles. The van der Waals surface area contributed by atoms with Crippen LogP contribution in [0.1, 0.15) is 6.92 Å². The van der Waals surface area contributed by atoms with Crippen LogP contribution in [0.25, 0.3) is 0 Å². The van der Waals surface area contributed by atoms with E-state index in [1.165, 1.54) is 19.1 Å². The number of anilines is 1. The minimum atomic E-state index is -4.88. The predicted octanol–water partition coefficient (Wildman–Crippen LogP) is 3.27. The zero-order chi connectivity index (χ0) is 13.1. The average Bonchev–Trinajstić information content (AvgIpc) is 2.20. The summed E-state index contributed by atoms with van der Waals surface area (Å²) in [5.74, 6) is -2.40. The van der Waals surface area contributed by atoms with Gasteiger partial charge in [0.15, 0.2) is 0 Å². The van der Waals surface area contributed by atoms with Crippen molar-refractivity contribution in [1.82, 2.24) is 0 Å². The van der Waals surface area contributed by atoms with Crippen LogP contribution in [0.2, 0.25) is 0 Å². The van der Waals surface area contributed by atoms with Gasteiger partial charge in [-0.15, -0.1) is 0 Å². The molecule has 0 radical (unpaired) electrons. The highest BCUT2D eigenvalue weighted by Gasteiger charge is 2.36. The smallest absolute Gasteiger partial charge is 0.359 e. The molecule has 1 rings (SSSR count). The normalized spacial score (nSPS) is 12.4. The Morgan fingerprint density at radius 1 is 1.24 bits per heavy atom. The van der Waals surface area contributed by atoms with Gasteiger partial charge in [-0.3, -0.25) is 4.79 Å². The molecular formula is C11H9F4NO. The summed E-state index contributed by atoms with van der Waals surface area (Å²) in [6.45, 7) is 1.31. The van der Waals surface area contributed by atoms with Crippen molar-refractivity contribution in [2.75, 3.05) is 5.32 Å². The van der Waals surface area contributed by atoms with Crippen molar-refractivity contribution in [3.63, 3.8) is 0 Å². The first-order valence-electron chi connectivity index (χ1n) is 4.61. The summed E-state index contributed by atoms with van der Waals surface area (Å²) in [5.41, 5.74) is 0.425. The van der Waals surface area contributed by atoms with E-state index in [-0.39, 0.29) is 5.70 Å². The zero-order valence-corrected chi connectivity index (χ0v) is 8.81. The second kappa shape index (κ2) is 4.99. The fourth-order valence-corrected chi connectivity index (χ4v) is 1.08. The highest BCUT2D eigenvalue weighted by Crippen LogP contribution is 2.18. The van der Waals surface area contributed by atoms with Gasteiger partial charge in [0.1, 0.15) is 5.82 Å². The van der Waals surface area contributed by atoms with Crippen molar-refractivity contribution in [3.8, 4) is 0 Å². The van der Waals surface area contributed by atoms with Crippen LogP contribution in [-0.2, 0) is 4.79 Å². The average molecular weight is 247 g/mol. The second-order valence-corrected chi connectivity index (χ2v) is 3.32. The van der Waals surface area contributed by atoms with E-state index in [4.69, 9.17) is 0 Å². The first-order valence-corrected chi connectivity index (χ1v) is 4.61. The summed E-state index contributed by atoms with van der Waals surface area (Å²) >= 11 is 0. The molecule has 0 heterocycles. The molecule has 92 valence electrons. The molecule has 0 fully saturated rings. The number of nitrogens with one attached hydrogen (secondary N) is 1. The van der Waals surface area contributed by atoms with Gasteiger partial charge in [0.2, 0.25) is 0 Å². The lowest BCUT2D eigenvalue weighted by atomic mass is 10.2. The number of hydrogen-bond donors (Lipinski definition) is 1. The first-order chi connectivity index (χ1) is 7.79. The molecule has 0 aliphatic heterocycles. The molecule has 0 amide bonds. The number of carbonyl (C=O) groups excluding carboxylic acids is 1. The topological polar surface area (TPSA) is 29.1 Å². The van der Waals surface area contributed by atoms with Crippen LogP contribution in [-0.4, -0.2) is 12.0 Å². The van der Waals surface area contributed by atoms with Gasteiger partial charge in [0.05, 0.1) is 0 Å². The lowest BCUT2D eigenvalue weighted by molar-refractivity contribution is -0.165. The summed E-state index contributed by atoms with van der Waals surface area (Å²) in [4.78, 5) is 10.6. The van der Waals surface area contributed by atoms with Crippen molar-refractivity contribution >= 4 is 11.5 Å². The highest BCUT2D eigenvalue weighted by atomic mass is 19.4. The molecule has 6 heteroatoms. The van der Waals surface area contributed by atoms with E-state index in [0.717, 1.165) is 12.1 Å². The standard InChI is InChI=1S/C11H9F4NO/c1-7(6-10(17)11(13,14)15)16-9-4-2-8(12)3-5-9/h2-6,16H,1H3/b7-6-. The van der Waals surface area contributed by atoms with Crippen LogP contribution < -0.4 is 5.32 Å². The molecule has 0 saturated heterocycles. The monoisotopic (exact) mass is 247 g/mol. The van der Waals surface area contributed by atoms with Crippen molar-refractivity contribution in [1.29, 1.82) is 0 Å². The zero-order valence-electron chi connectivity index (χ0n) is 8.81. The Labute approximate surface area is 94.9 Å². The lowest BCUT2D eigenvalue weighted by Gasteiger charge is -2.07. The predicted molar refractivity (Wildman–Crippen MR) is 54.8 cm³/mol. The summed E-state index contributed by atoms with van der Waals surface area (Å²) in [7, 11) is 0. The highest BCUT2D eigenvalue weighted by molar-refractivity contribution is 5.95. The van der Waals surface area contributed by atoms with Crippen molar-refractivity contribution < 1.29 is 22.4 Å². The van der Waals surface area contributed by atoms with Gasteiger partial charge in [0, 0.05) is 17.5 Å². The molecule has 0 saturated carbocycles. The maximum absolute atomic E-state index is 12.5. The Balaban J connectivity index is 2.72. The third kappa shape index (κ3) is 4.26. The molecule has 17 heavy (non-hydrogen) atoms. The number of halogens is 4. The van der Waals surface area contributed by atoms with Crippen LogP contribution in [0, 0.1) is 5.82 Å². The number of ketones is 1. The van der Waals surface area contributed by atoms with Crippen molar-refractivity contribution in [2.24, 2.45) is 0 Å². The van der Waals surface area contributed by atoms with E-state index in [1.807, 2.05) is 0 Å². The van der Waals surface area contributed by atoms with E-state index in [0.29, 0.717) is 11.8 Å². The summed E-state index contributed by atoms with van der Waals surface area (Å²) in [6.07, 6.45) is -4.44.